The average Bonchev–Trinajstić information content (AvgIpc) is 2.87. The van der Waals surface area contributed by atoms with E-state index in [1.54, 1.807) is 0 Å². The molecular weight excluding hydrogens is 230 g/mol. The van der Waals surface area contributed by atoms with E-state index >= 15 is 0 Å². The molecule has 0 bridgehead atoms. The molecule has 0 aliphatic heterocycles. The molecular formula is C9H7N3O5. The minimum absolute atomic E-state index is 0.172. The second-order valence-electron chi connectivity index (χ2n) is 3.23. The Morgan fingerprint density at radius 1 is 1.59 bits per heavy atom. The Morgan fingerprint density at radius 3 is 2.88 bits per heavy atom. The van der Waals surface area contributed by atoms with Crippen molar-refractivity contribution in [1.82, 2.24) is 9.55 Å². The summed E-state index contributed by atoms with van der Waals surface area (Å²) in [5, 5.41) is 19.0. The van der Waals surface area contributed by atoms with Crippen molar-refractivity contribution in [2.24, 2.45) is 0 Å². The Labute approximate surface area is 94.3 Å². The molecule has 0 aliphatic rings. The van der Waals surface area contributed by atoms with Gasteiger partial charge in [-0.25, -0.2) is 4.79 Å². The summed E-state index contributed by atoms with van der Waals surface area (Å²) in [7, 11) is 0. The van der Waals surface area contributed by atoms with E-state index in [2.05, 4.69) is 4.98 Å². The third-order valence-electron chi connectivity index (χ3n) is 2.02. The van der Waals surface area contributed by atoms with Gasteiger partial charge in [-0.3, -0.25) is 0 Å². The lowest BCUT2D eigenvalue weighted by molar-refractivity contribution is -0.389. The minimum Gasteiger partial charge on any atom is -0.475 e. The molecule has 0 atom stereocenters. The lowest BCUT2D eigenvalue weighted by atomic mass is 10.4. The van der Waals surface area contributed by atoms with E-state index in [9.17, 15) is 14.9 Å². The number of carboxylic acids is 1. The van der Waals surface area contributed by atoms with Crippen molar-refractivity contribution in [2.75, 3.05) is 0 Å². The number of carbonyl (C=O) groups is 1. The van der Waals surface area contributed by atoms with E-state index in [0.717, 1.165) is 0 Å². The van der Waals surface area contributed by atoms with Gasteiger partial charge in [-0.05, 0) is 22.0 Å². The number of carboxylic acid groups (broad SMARTS) is 1. The number of nitrogens with zero attached hydrogens (tertiary/aromatic N) is 3. The van der Waals surface area contributed by atoms with Gasteiger partial charge in [-0.1, -0.05) is 0 Å². The molecule has 0 aliphatic carbocycles. The van der Waals surface area contributed by atoms with Crippen LogP contribution in [0, 0.1) is 10.1 Å². The molecule has 0 aromatic carbocycles. The van der Waals surface area contributed by atoms with Gasteiger partial charge in [0.2, 0.25) is 12.1 Å². The van der Waals surface area contributed by atoms with Crippen LogP contribution in [0.15, 0.2) is 29.1 Å². The van der Waals surface area contributed by atoms with Crippen LogP contribution in [0.2, 0.25) is 0 Å². The fourth-order valence-corrected chi connectivity index (χ4v) is 1.29. The highest BCUT2D eigenvalue weighted by atomic mass is 16.6. The molecule has 0 saturated heterocycles. The second-order valence-corrected chi connectivity index (χ2v) is 3.23. The van der Waals surface area contributed by atoms with Gasteiger partial charge in [0.25, 0.3) is 0 Å². The normalized spacial score (nSPS) is 10.4. The number of aromatic carboxylic acids is 1. The highest BCUT2D eigenvalue weighted by Crippen LogP contribution is 2.12. The molecule has 8 nitrogen and oxygen atoms in total. The number of furan rings is 1. The maximum Gasteiger partial charge on any atom is 0.381 e. The third-order valence-corrected chi connectivity index (χ3v) is 2.02. The molecule has 0 amide bonds. The Hall–Kier alpha value is -2.64. The predicted octanol–water partition coefficient (Wildman–Crippen LogP) is 1.13. The van der Waals surface area contributed by atoms with Crippen molar-refractivity contribution in [3.8, 4) is 0 Å². The average molecular weight is 237 g/mol. The van der Waals surface area contributed by atoms with Crippen molar-refractivity contribution >= 4 is 11.8 Å². The summed E-state index contributed by atoms with van der Waals surface area (Å²) < 4.78 is 6.43. The molecule has 2 heterocycles. The summed E-state index contributed by atoms with van der Waals surface area (Å²) in [6.07, 6.45) is 2.52. The first-order valence-electron chi connectivity index (χ1n) is 4.54. The van der Waals surface area contributed by atoms with Gasteiger partial charge in [0.1, 0.15) is 12.0 Å². The van der Waals surface area contributed by atoms with Crippen LogP contribution in [0.1, 0.15) is 16.3 Å². The quantitative estimate of drug-likeness (QED) is 0.630. The Morgan fingerprint density at radius 2 is 2.35 bits per heavy atom. The highest BCUT2D eigenvalue weighted by Gasteiger charge is 2.12. The van der Waals surface area contributed by atoms with Gasteiger partial charge in [-0.2, -0.15) is 0 Å². The van der Waals surface area contributed by atoms with Crippen LogP contribution in [0.25, 0.3) is 0 Å². The van der Waals surface area contributed by atoms with Gasteiger partial charge in [-0.15, -0.1) is 0 Å². The molecule has 2 aromatic heterocycles. The van der Waals surface area contributed by atoms with E-state index in [1.165, 1.54) is 29.2 Å². The summed E-state index contributed by atoms with van der Waals surface area (Å²) >= 11 is 0. The second kappa shape index (κ2) is 4.08. The van der Waals surface area contributed by atoms with E-state index in [4.69, 9.17) is 9.52 Å². The minimum atomic E-state index is -1.16. The lowest BCUT2D eigenvalue weighted by Crippen LogP contribution is -1.96. The fourth-order valence-electron chi connectivity index (χ4n) is 1.29. The molecule has 2 rings (SSSR count). The number of aromatic nitrogens is 2. The monoisotopic (exact) mass is 237 g/mol. The summed E-state index contributed by atoms with van der Waals surface area (Å²) in [6, 6.07) is 2.82. The maximum absolute atomic E-state index is 10.6. The van der Waals surface area contributed by atoms with Crippen LogP contribution in [0.4, 0.5) is 5.82 Å². The van der Waals surface area contributed by atoms with Gasteiger partial charge < -0.3 is 24.2 Å². The predicted molar refractivity (Wildman–Crippen MR) is 53.7 cm³/mol. The zero-order valence-corrected chi connectivity index (χ0v) is 8.44. The van der Waals surface area contributed by atoms with Crippen LogP contribution in [0.3, 0.4) is 0 Å². The zero-order chi connectivity index (χ0) is 12.4. The van der Waals surface area contributed by atoms with Gasteiger partial charge in [0.05, 0.1) is 6.54 Å². The summed E-state index contributed by atoms with van der Waals surface area (Å²) in [5.41, 5.74) is 0. The largest absolute Gasteiger partial charge is 0.475 e. The third kappa shape index (κ3) is 2.30. The summed E-state index contributed by atoms with van der Waals surface area (Å²) in [5.74, 6) is -1.22. The highest BCUT2D eigenvalue weighted by molar-refractivity contribution is 5.84. The van der Waals surface area contributed by atoms with E-state index in [1.807, 2.05) is 0 Å². The molecule has 2 aromatic rings. The van der Waals surface area contributed by atoms with Crippen molar-refractivity contribution in [3.63, 3.8) is 0 Å². The van der Waals surface area contributed by atoms with Crippen molar-refractivity contribution < 1.29 is 19.2 Å². The molecule has 1 N–H and O–H groups in total. The number of hydrogen-bond acceptors (Lipinski definition) is 5. The SMILES string of the molecule is O=C(O)c1ccc(Cn2cnc([N+](=O)[O-])c2)o1. The van der Waals surface area contributed by atoms with Crippen molar-refractivity contribution in [1.29, 1.82) is 0 Å². The van der Waals surface area contributed by atoms with Crippen LogP contribution >= 0.6 is 0 Å². The zero-order valence-electron chi connectivity index (χ0n) is 8.44. The lowest BCUT2D eigenvalue weighted by Gasteiger charge is -1.95. The van der Waals surface area contributed by atoms with Crippen LogP contribution in [-0.4, -0.2) is 25.6 Å². The van der Waals surface area contributed by atoms with Crippen LogP contribution < -0.4 is 0 Å². The Kier molecular flexibility index (Phi) is 2.61. The van der Waals surface area contributed by atoms with E-state index < -0.39 is 10.9 Å². The van der Waals surface area contributed by atoms with E-state index in [-0.39, 0.29) is 18.1 Å². The van der Waals surface area contributed by atoms with Crippen LogP contribution in [-0.2, 0) is 6.54 Å². The molecule has 8 heteroatoms. The maximum atomic E-state index is 10.6. The Bertz CT molecular complexity index is 520. The number of rotatable bonds is 4. The van der Waals surface area contributed by atoms with Crippen LogP contribution in [0.5, 0.6) is 0 Å². The van der Waals surface area contributed by atoms with Crippen molar-refractivity contribution in [3.05, 3.63) is 46.3 Å². The standard InChI is InChI=1S/C9H7N3O5/c13-9(14)7-2-1-6(17-7)3-11-4-8(10-5-11)12(15)16/h1-2,4-5H,3H2,(H,13,14). The molecule has 0 fully saturated rings. The first-order valence-corrected chi connectivity index (χ1v) is 4.54. The van der Waals surface area contributed by atoms with Gasteiger partial charge >= 0.3 is 11.8 Å². The molecule has 0 unspecified atom stereocenters. The fraction of sp³-hybridized carbons (Fsp3) is 0.111. The van der Waals surface area contributed by atoms with E-state index in [0.29, 0.717) is 5.76 Å². The van der Waals surface area contributed by atoms with Gasteiger partial charge in [0.15, 0.2) is 0 Å². The molecule has 88 valence electrons. The number of nitro groups is 1. The molecule has 0 spiro atoms. The Balaban J connectivity index is 2.13. The summed E-state index contributed by atoms with van der Waals surface area (Å²) in [6.45, 7) is 0.189. The topological polar surface area (TPSA) is 111 Å². The smallest absolute Gasteiger partial charge is 0.381 e. The summed E-state index contributed by atoms with van der Waals surface area (Å²) in [4.78, 5) is 23.9. The molecule has 0 radical (unpaired) electrons. The van der Waals surface area contributed by atoms with Gasteiger partial charge in [0, 0.05) is 0 Å². The number of imidazole rings is 1. The first kappa shape index (κ1) is 10.9. The number of hydrogen-bond donors (Lipinski definition) is 1. The molecule has 17 heavy (non-hydrogen) atoms. The first-order chi connectivity index (χ1) is 8.06. The molecule has 0 saturated carbocycles. The van der Waals surface area contributed by atoms with Crippen molar-refractivity contribution in [2.45, 2.75) is 6.54 Å².